The Morgan fingerprint density at radius 2 is 1.62 bits per heavy atom. The largest absolute Gasteiger partial charge is 0.451 e. The number of alkyl halides is 3. The number of aromatic nitrogens is 2. The third-order valence-electron chi connectivity index (χ3n) is 3.35. The van der Waals surface area contributed by atoms with E-state index in [2.05, 4.69) is 15.3 Å². The summed E-state index contributed by atoms with van der Waals surface area (Å²) in [6.07, 6.45) is -2.54. The molecule has 24 heavy (non-hydrogen) atoms. The van der Waals surface area contributed by atoms with E-state index >= 15 is 0 Å². The van der Waals surface area contributed by atoms with Crippen molar-refractivity contribution in [3.8, 4) is 0 Å². The summed E-state index contributed by atoms with van der Waals surface area (Å²) in [5.41, 5.74) is 0. The number of anilines is 1. The molecule has 1 saturated carbocycles. The van der Waals surface area contributed by atoms with Gasteiger partial charge in [-0.3, -0.25) is 0 Å². The number of hydrogen-bond donors (Lipinski definition) is 1. The number of nitrogens with one attached hydrogen (secondary N) is 1. The van der Waals surface area contributed by atoms with Gasteiger partial charge < -0.3 is 5.32 Å². The van der Waals surface area contributed by atoms with Crippen LogP contribution in [0.3, 0.4) is 0 Å². The fourth-order valence-corrected chi connectivity index (χ4v) is 2.96. The average Bonchev–Trinajstić information content (AvgIpc) is 3.27. The van der Waals surface area contributed by atoms with Gasteiger partial charge in [-0.25, -0.2) is 9.97 Å². The van der Waals surface area contributed by atoms with E-state index in [9.17, 15) is 13.2 Å². The summed E-state index contributed by atoms with van der Waals surface area (Å²) in [5.74, 6) is -0.765. The summed E-state index contributed by atoms with van der Waals surface area (Å²) in [6.45, 7) is 1.85. The van der Waals surface area contributed by atoms with E-state index in [4.69, 9.17) is 0 Å². The maximum absolute atomic E-state index is 12.7. The third kappa shape index (κ3) is 4.23. The molecule has 1 aromatic carbocycles. The zero-order valence-electron chi connectivity index (χ0n) is 13.0. The minimum Gasteiger partial charge on any atom is -0.367 e. The Morgan fingerprint density at radius 1 is 1.04 bits per heavy atom. The monoisotopic (exact) mass is 351 g/mol. The van der Waals surface area contributed by atoms with E-state index in [1.54, 1.807) is 0 Å². The number of nitrogens with zero attached hydrogens (tertiary/aromatic N) is 2. The molecule has 0 amide bonds. The summed E-state index contributed by atoms with van der Waals surface area (Å²) in [7, 11) is 0. The number of hydrogen-bond acceptors (Lipinski definition) is 4. The summed E-state index contributed by atoms with van der Waals surface area (Å²) >= 11 is 1.25. The third-order valence-corrected chi connectivity index (χ3v) is 4.30. The Balaban J connectivity index is 0.000000238. The fraction of sp³-hybridized carbons (Fsp3) is 0.294. The molecule has 2 aromatic heterocycles. The highest BCUT2D eigenvalue weighted by Crippen LogP contribution is 2.35. The summed E-state index contributed by atoms with van der Waals surface area (Å²) in [5, 5.41) is 3.72. The van der Waals surface area contributed by atoms with Gasteiger partial charge in [0.05, 0.1) is 5.39 Å². The number of aryl methyl sites for hydroxylation is 1. The molecule has 2 heterocycles. The van der Waals surface area contributed by atoms with Crippen LogP contribution in [0.15, 0.2) is 42.5 Å². The highest BCUT2D eigenvalue weighted by atomic mass is 32.1. The number of fused-ring (bicyclic) bond motifs is 1. The van der Waals surface area contributed by atoms with Crippen molar-refractivity contribution >= 4 is 27.4 Å². The average molecular weight is 351 g/mol. The Morgan fingerprint density at radius 3 is 2.12 bits per heavy atom. The van der Waals surface area contributed by atoms with Gasteiger partial charge in [0.2, 0.25) is 5.82 Å². The van der Waals surface area contributed by atoms with E-state index in [-0.39, 0.29) is 6.04 Å². The normalized spacial score (nSPS) is 14.2. The molecule has 1 aliphatic carbocycles. The van der Waals surface area contributed by atoms with Crippen molar-refractivity contribution in [3.63, 3.8) is 0 Å². The van der Waals surface area contributed by atoms with Gasteiger partial charge in [-0.1, -0.05) is 36.4 Å². The first-order valence-corrected chi connectivity index (χ1v) is 8.37. The smallest absolute Gasteiger partial charge is 0.367 e. The number of benzene rings is 1. The molecule has 0 aliphatic heterocycles. The predicted octanol–water partition coefficient (Wildman–Crippen LogP) is 5.28. The van der Waals surface area contributed by atoms with Crippen LogP contribution in [0.5, 0.6) is 0 Å². The predicted molar refractivity (Wildman–Crippen MR) is 90.2 cm³/mol. The highest BCUT2D eigenvalue weighted by Gasteiger charge is 2.36. The summed E-state index contributed by atoms with van der Waals surface area (Å²) < 4.78 is 38.1. The molecule has 0 spiro atoms. The molecule has 0 saturated heterocycles. The number of thiophene rings is 1. The highest BCUT2D eigenvalue weighted by molar-refractivity contribution is 7.18. The molecule has 4 rings (SSSR count). The Bertz CT molecular complexity index is 784. The van der Waals surface area contributed by atoms with E-state index in [1.165, 1.54) is 11.3 Å². The zero-order valence-corrected chi connectivity index (χ0v) is 13.8. The molecule has 1 fully saturated rings. The standard InChI is InChI=1S/C11H10F3N3S.C6H6/c1-5-4-7-8(15-6-2-3-6)16-10(11(12,13)14)17-9(7)18-5;1-2-4-6-5-3-1/h4,6H,2-3H2,1H3,(H,15,16,17);1-6H. The summed E-state index contributed by atoms with van der Waals surface area (Å²) in [6, 6.07) is 14.1. The maximum atomic E-state index is 12.7. The van der Waals surface area contributed by atoms with Crippen molar-refractivity contribution in [1.29, 1.82) is 0 Å². The van der Waals surface area contributed by atoms with Gasteiger partial charge in [0.1, 0.15) is 10.6 Å². The fourth-order valence-electron chi connectivity index (χ4n) is 2.08. The molecule has 3 aromatic rings. The zero-order chi connectivity index (χ0) is 17.2. The Labute approximate surface area is 141 Å². The Hall–Kier alpha value is -2.15. The van der Waals surface area contributed by atoms with Crippen molar-refractivity contribution in [1.82, 2.24) is 9.97 Å². The van der Waals surface area contributed by atoms with Crippen molar-refractivity contribution in [2.24, 2.45) is 0 Å². The van der Waals surface area contributed by atoms with E-state index < -0.39 is 12.0 Å². The van der Waals surface area contributed by atoms with Crippen LogP contribution in [0.25, 0.3) is 10.2 Å². The molecular formula is C17H16F3N3S. The minimum absolute atomic E-state index is 0.254. The second-order valence-corrected chi connectivity index (χ2v) is 6.78. The quantitative estimate of drug-likeness (QED) is 0.683. The van der Waals surface area contributed by atoms with Gasteiger partial charge in [0.15, 0.2) is 0 Å². The van der Waals surface area contributed by atoms with Crippen molar-refractivity contribution in [2.45, 2.75) is 32.0 Å². The maximum Gasteiger partial charge on any atom is 0.451 e. The van der Waals surface area contributed by atoms with E-state index in [0.717, 1.165) is 17.7 Å². The Kier molecular flexibility index (Phi) is 4.71. The first-order valence-electron chi connectivity index (χ1n) is 7.55. The lowest BCUT2D eigenvalue weighted by molar-refractivity contribution is -0.144. The van der Waals surface area contributed by atoms with Crippen molar-refractivity contribution in [3.05, 3.63) is 53.2 Å². The second-order valence-electron chi connectivity index (χ2n) is 5.54. The molecule has 0 unspecified atom stereocenters. The van der Waals surface area contributed by atoms with Gasteiger partial charge in [0, 0.05) is 10.9 Å². The van der Waals surface area contributed by atoms with Crippen molar-refractivity contribution < 1.29 is 13.2 Å². The number of rotatable bonds is 2. The molecule has 0 bridgehead atoms. The topological polar surface area (TPSA) is 37.8 Å². The van der Waals surface area contributed by atoms with E-state index in [0.29, 0.717) is 16.0 Å². The van der Waals surface area contributed by atoms with Gasteiger partial charge in [-0.15, -0.1) is 11.3 Å². The van der Waals surface area contributed by atoms with Gasteiger partial charge in [0.25, 0.3) is 0 Å². The van der Waals surface area contributed by atoms with Crippen LogP contribution in [-0.4, -0.2) is 16.0 Å². The van der Waals surface area contributed by atoms with Crippen LogP contribution >= 0.6 is 11.3 Å². The molecule has 1 aliphatic rings. The molecule has 1 N–H and O–H groups in total. The lowest BCUT2D eigenvalue weighted by atomic mass is 10.3. The second kappa shape index (κ2) is 6.76. The van der Waals surface area contributed by atoms with Gasteiger partial charge in [-0.2, -0.15) is 13.2 Å². The lowest BCUT2D eigenvalue weighted by Crippen LogP contribution is -2.13. The first kappa shape index (κ1) is 16.7. The van der Waals surface area contributed by atoms with Crippen molar-refractivity contribution in [2.75, 3.05) is 5.32 Å². The van der Waals surface area contributed by atoms with Gasteiger partial charge >= 0.3 is 6.18 Å². The van der Waals surface area contributed by atoms with Crippen LogP contribution in [0, 0.1) is 6.92 Å². The van der Waals surface area contributed by atoms with Crippen LogP contribution in [0.1, 0.15) is 23.5 Å². The molecular weight excluding hydrogens is 335 g/mol. The molecule has 126 valence electrons. The first-order chi connectivity index (χ1) is 11.4. The van der Waals surface area contributed by atoms with Crippen LogP contribution in [0.4, 0.5) is 19.0 Å². The van der Waals surface area contributed by atoms with E-state index in [1.807, 2.05) is 49.4 Å². The van der Waals surface area contributed by atoms with Crippen LogP contribution in [-0.2, 0) is 6.18 Å². The molecule has 7 heteroatoms. The molecule has 0 radical (unpaired) electrons. The minimum atomic E-state index is -4.51. The summed E-state index contributed by atoms with van der Waals surface area (Å²) in [4.78, 5) is 8.54. The molecule has 0 atom stereocenters. The lowest BCUT2D eigenvalue weighted by Gasteiger charge is -2.09. The number of halogens is 3. The SMILES string of the molecule is Cc1cc2c(NC3CC3)nc(C(F)(F)F)nc2s1.c1ccccc1. The van der Waals surface area contributed by atoms with Crippen LogP contribution in [0.2, 0.25) is 0 Å². The van der Waals surface area contributed by atoms with Gasteiger partial charge in [-0.05, 0) is 25.8 Å². The molecule has 3 nitrogen and oxygen atoms in total. The van der Waals surface area contributed by atoms with Crippen LogP contribution < -0.4 is 5.32 Å².